The van der Waals surface area contributed by atoms with Crippen molar-refractivity contribution < 1.29 is 8.95 Å². The highest BCUT2D eigenvalue weighted by Gasteiger charge is 2.20. The maximum absolute atomic E-state index is 12.8. The number of rotatable bonds is 6. The smallest absolute Gasteiger partial charge is 0.163 e. The van der Waals surface area contributed by atoms with Crippen LogP contribution >= 0.6 is 0 Å². The van der Waals surface area contributed by atoms with Crippen molar-refractivity contribution in [2.24, 2.45) is 0 Å². The molecule has 0 bridgehead atoms. The van der Waals surface area contributed by atoms with Gasteiger partial charge in [0.05, 0.1) is 5.52 Å². The van der Waals surface area contributed by atoms with Gasteiger partial charge in [-0.2, -0.15) is 0 Å². The molecule has 1 fully saturated rings. The largest absolute Gasteiger partial charge is 0.381 e. The topological polar surface area (TPSA) is 77.0 Å². The zero-order chi connectivity index (χ0) is 21.8. The van der Waals surface area contributed by atoms with Gasteiger partial charge in [-0.15, -0.1) is 0 Å². The van der Waals surface area contributed by atoms with E-state index in [1.807, 2.05) is 54.6 Å². The fourth-order valence-corrected chi connectivity index (χ4v) is 5.35. The molecule has 1 N–H and O–H groups in total. The molecule has 162 valence electrons. The Bertz CT molecular complexity index is 1240. The number of nitrogens with one attached hydrogen (secondary N) is 1. The highest BCUT2D eigenvalue weighted by Crippen LogP contribution is 2.28. The first kappa shape index (κ1) is 20.7. The van der Waals surface area contributed by atoms with Gasteiger partial charge in [-0.1, -0.05) is 24.3 Å². The average molecular weight is 445 g/mol. The zero-order valence-corrected chi connectivity index (χ0v) is 18.4. The van der Waals surface area contributed by atoms with Gasteiger partial charge in [0.15, 0.2) is 5.82 Å². The minimum atomic E-state index is -0.903. The van der Waals surface area contributed by atoms with Gasteiger partial charge in [-0.25, -0.2) is 9.97 Å². The Morgan fingerprint density at radius 3 is 2.72 bits per heavy atom. The Labute approximate surface area is 189 Å². The van der Waals surface area contributed by atoms with Crippen molar-refractivity contribution >= 4 is 33.2 Å². The predicted octanol–water partition coefficient (Wildman–Crippen LogP) is 4.86. The second kappa shape index (κ2) is 9.54. The van der Waals surface area contributed by atoms with Crippen molar-refractivity contribution in [2.75, 3.05) is 18.5 Å². The van der Waals surface area contributed by atoms with Crippen LogP contribution in [0.4, 0.5) is 11.5 Å². The Balaban J connectivity index is 1.43. The highest BCUT2D eigenvalue weighted by atomic mass is 32.2. The van der Waals surface area contributed by atoms with Gasteiger partial charge in [-0.05, 0) is 54.8 Å². The summed E-state index contributed by atoms with van der Waals surface area (Å²) in [7, 11) is -0.903. The number of hydrogen-bond donors (Lipinski definition) is 1. The lowest BCUT2D eigenvalue weighted by molar-refractivity contribution is 0.0992. The van der Waals surface area contributed by atoms with Gasteiger partial charge >= 0.3 is 0 Å². The third-order valence-electron chi connectivity index (χ3n) is 5.56. The summed E-state index contributed by atoms with van der Waals surface area (Å²) in [5.74, 6) is 1.90. The molecule has 0 saturated carbocycles. The summed E-state index contributed by atoms with van der Waals surface area (Å²) >= 11 is 0. The van der Waals surface area contributed by atoms with E-state index in [0.29, 0.717) is 24.8 Å². The standard InChI is InChI=1S/C25H24N4O2S/c30-32(21-10-13-31-14-11-21)17-18-5-3-7-20(15-18)27-25-22-8-1-2-9-23(22)28-24(29-25)19-6-4-12-26-16-19/h1-9,12,15-16,21H,10-11,13-14,17H2,(H,27,28,29). The number of para-hydroxylation sites is 1. The Morgan fingerprint density at radius 1 is 1.00 bits per heavy atom. The minimum absolute atomic E-state index is 0.216. The van der Waals surface area contributed by atoms with Crippen LogP contribution in [-0.2, 0) is 21.3 Å². The quantitative estimate of drug-likeness (QED) is 0.458. The van der Waals surface area contributed by atoms with Crippen LogP contribution in [0.25, 0.3) is 22.3 Å². The van der Waals surface area contributed by atoms with Gasteiger partial charge in [0.2, 0.25) is 0 Å². The fourth-order valence-electron chi connectivity index (χ4n) is 3.89. The maximum Gasteiger partial charge on any atom is 0.163 e. The van der Waals surface area contributed by atoms with E-state index in [-0.39, 0.29) is 5.25 Å². The van der Waals surface area contributed by atoms with Gasteiger partial charge in [0.1, 0.15) is 5.82 Å². The average Bonchev–Trinajstić information content (AvgIpc) is 2.85. The molecule has 2 aromatic heterocycles. The summed E-state index contributed by atoms with van der Waals surface area (Å²) in [5, 5.41) is 4.62. The molecule has 0 spiro atoms. The molecule has 6 nitrogen and oxygen atoms in total. The van der Waals surface area contributed by atoms with Crippen LogP contribution < -0.4 is 5.32 Å². The summed E-state index contributed by atoms with van der Waals surface area (Å²) in [6, 6.07) is 19.8. The van der Waals surface area contributed by atoms with Gasteiger partial charge in [0, 0.05) is 64.0 Å². The molecule has 2 aromatic carbocycles. The molecule has 4 aromatic rings. The first-order valence-corrected chi connectivity index (χ1v) is 12.1. The number of ether oxygens (including phenoxy) is 1. The first-order chi connectivity index (χ1) is 15.8. The Hall–Kier alpha value is -3.16. The van der Waals surface area contributed by atoms with Crippen molar-refractivity contribution in [1.29, 1.82) is 0 Å². The molecule has 0 amide bonds. The van der Waals surface area contributed by atoms with E-state index >= 15 is 0 Å². The Kier molecular flexibility index (Phi) is 6.18. The summed E-state index contributed by atoms with van der Waals surface area (Å²) < 4.78 is 18.2. The van der Waals surface area contributed by atoms with Gasteiger partial charge < -0.3 is 10.1 Å². The second-order valence-corrected chi connectivity index (χ2v) is 9.53. The molecule has 1 aliphatic rings. The van der Waals surface area contributed by atoms with Crippen LogP contribution in [-0.4, -0.2) is 37.6 Å². The van der Waals surface area contributed by atoms with E-state index in [9.17, 15) is 4.21 Å². The monoisotopic (exact) mass is 444 g/mol. The van der Waals surface area contributed by atoms with E-state index in [1.165, 1.54) is 0 Å². The van der Waals surface area contributed by atoms with Crippen molar-refractivity contribution in [2.45, 2.75) is 23.8 Å². The molecule has 5 rings (SSSR count). The van der Waals surface area contributed by atoms with Crippen molar-refractivity contribution in [3.05, 3.63) is 78.6 Å². The number of hydrogen-bond acceptors (Lipinski definition) is 6. The van der Waals surface area contributed by atoms with E-state index < -0.39 is 10.8 Å². The van der Waals surface area contributed by atoms with Crippen LogP contribution in [0.15, 0.2) is 73.1 Å². The van der Waals surface area contributed by atoms with Crippen molar-refractivity contribution in [3.63, 3.8) is 0 Å². The molecule has 3 heterocycles. The number of fused-ring (bicyclic) bond motifs is 1. The molecule has 0 radical (unpaired) electrons. The number of nitrogens with zero attached hydrogens (tertiary/aromatic N) is 3. The minimum Gasteiger partial charge on any atom is -0.381 e. The highest BCUT2D eigenvalue weighted by molar-refractivity contribution is 7.84. The van der Waals surface area contributed by atoms with Crippen LogP contribution in [0.3, 0.4) is 0 Å². The molecule has 7 heteroatoms. The number of aromatic nitrogens is 3. The number of pyridine rings is 1. The molecule has 0 aliphatic carbocycles. The lowest BCUT2D eigenvalue weighted by atomic mass is 10.2. The van der Waals surface area contributed by atoms with Crippen LogP contribution in [0.2, 0.25) is 0 Å². The van der Waals surface area contributed by atoms with E-state index in [1.54, 1.807) is 12.4 Å². The number of benzene rings is 2. The van der Waals surface area contributed by atoms with Crippen molar-refractivity contribution in [3.8, 4) is 11.4 Å². The lowest BCUT2D eigenvalue weighted by Gasteiger charge is -2.21. The third kappa shape index (κ3) is 4.69. The van der Waals surface area contributed by atoms with E-state index in [0.717, 1.165) is 46.4 Å². The molecular weight excluding hydrogens is 420 g/mol. The molecular formula is C25H24N4O2S. The molecule has 1 aliphatic heterocycles. The summed E-state index contributed by atoms with van der Waals surface area (Å²) in [6.07, 6.45) is 5.24. The molecule has 1 saturated heterocycles. The number of anilines is 2. The third-order valence-corrected chi connectivity index (χ3v) is 7.39. The van der Waals surface area contributed by atoms with Gasteiger partial charge in [0.25, 0.3) is 0 Å². The fraction of sp³-hybridized carbons (Fsp3) is 0.240. The SMILES string of the molecule is O=S(Cc1cccc(Nc2nc(-c3cccnc3)nc3ccccc23)c1)C1CCOCC1. The molecule has 1 unspecified atom stereocenters. The normalized spacial score (nSPS) is 15.5. The van der Waals surface area contributed by atoms with Crippen molar-refractivity contribution in [1.82, 2.24) is 15.0 Å². The lowest BCUT2D eigenvalue weighted by Crippen LogP contribution is -2.25. The van der Waals surface area contributed by atoms with E-state index in [2.05, 4.69) is 16.4 Å². The van der Waals surface area contributed by atoms with Crippen LogP contribution in [0.5, 0.6) is 0 Å². The zero-order valence-electron chi connectivity index (χ0n) is 17.6. The predicted molar refractivity (Wildman–Crippen MR) is 128 cm³/mol. The first-order valence-electron chi connectivity index (χ1n) is 10.7. The molecule has 1 atom stereocenters. The van der Waals surface area contributed by atoms with Crippen LogP contribution in [0.1, 0.15) is 18.4 Å². The molecule has 32 heavy (non-hydrogen) atoms. The maximum atomic E-state index is 12.8. The summed E-state index contributed by atoms with van der Waals surface area (Å²) in [4.78, 5) is 13.7. The summed E-state index contributed by atoms with van der Waals surface area (Å²) in [5.41, 5.74) is 3.68. The van der Waals surface area contributed by atoms with Gasteiger partial charge in [-0.3, -0.25) is 9.19 Å². The van der Waals surface area contributed by atoms with E-state index in [4.69, 9.17) is 14.7 Å². The second-order valence-electron chi connectivity index (χ2n) is 7.82. The summed E-state index contributed by atoms with van der Waals surface area (Å²) in [6.45, 7) is 1.41. The van der Waals surface area contributed by atoms with Crippen LogP contribution in [0, 0.1) is 0 Å². The Morgan fingerprint density at radius 2 is 1.88 bits per heavy atom.